The van der Waals surface area contributed by atoms with Crippen LogP contribution in [0.25, 0.3) is 66.9 Å². The van der Waals surface area contributed by atoms with Crippen molar-refractivity contribution in [2.75, 3.05) is 35.5 Å². The highest BCUT2D eigenvalue weighted by molar-refractivity contribution is 5.89. The van der Waals surface area contributed by atoms with Gasteiger partial charge in [-0.05, 0) is 266 Å². The van der Waals surface area contributed by atoms with Crippen LogP contribution in [0.1, 0.15) is 110 Å². The van der Waals surface area contributed by atoms with Gasteiger partial charge in [0, 0.05) is 99.3 Å². The van der Waals surface area contributed by atoms with Crippen molar-refractivity contribution in [2.45, 2.75) is 130 Å². The van der Waals surface area contributed by atoms with Crippen molar-refractivity contribution >= 4 is 50.1 Å². The number of aromatic nitrogens is 8. The summed E-state index contributed by atoms with van der Waals surface area (Å²) in [5.41, 5.74) is 29.4. The fraction of sp³-hybridized carbons (Fsp3) is 0.243. The van der Waals surface area contributed by atoms with Gasteiger partial charge in [-0.25, -0.2) is 24.7 Å². The molecule has 4 unspecified atom stereocenters. The lowest BCUT2D eigenvalue weighted by atomic mass is 9.92. The molecule has 20 heteroatoms. The maximum atomic E-state index is 11.9. The van der Waals surface area contributed by atoms with Crippen molar-refractivity contribution in [3.05, 3.63) is 352 Å². The van der Waals surface area contributed by atoms with Gasteiger partial charge in [0.15, 0.2) is 23.0 Å². The van der Waals surface area contributed by atoms with Crippen LogP contribution in [0, 0.1) is 11.3 Å². The van der Waals surface area contributed by atoms with E-state index in [1.54, 1.807) is 28.4 Å². The van der Waals surface area contributed by atoms with Crippen molar-refractivity contribution in [1.29, 1.82) is 5.26 Å². The lowest BCUT2D eigenvalue weighted by Crippen LogP contribution is -2.37. The second-order valence-corrected chi connectivity index (χ2v) is 32.6. The number of rotatable bonds is 17. The summed E-state index contributed by atoms with van der Waals surface area (Å²) in [6.07, 6.45) is 11.3. The number of phenolic OH excluding ortho intramolecular Hbond substituents is 1. The maximum absolute atomic E-state index is 11.9. The molecule has 0 saturated heterocycles. The fourth-order valence-corrected chi connectivity index (χ4v) is 17.9. The number of fused-ring (bicyclic) bond motifs is 8. The van der Waals surface area contributed by atoms with Crippen LogP contribution in [0.3, 0.4) is 0 Å². The van der Waals surface area contributed by atoms with Gasteiger partial charge in [-0.15, -0.1) is 0 Å². The Labute approximate surface area is 717 Å². The predicted molar refractivity (Wildman–Crippen MR) is 484 cm³/mol. The molecular formula is C103H101N13O7. The van der Waals surface area contributed by atoms with E-state index in [-0.39, 0.29) is 11.7 Å². The normalized spacial score (nSPS) is 16.3. The van der Waals surface area contributed by atoms with Crippen LogP contribution >= 0.6 is 0 Å². The number of hydrogen-bond donors (Lipinski definition) is 1. The molecule has 20 rings (SSSR count). The topological polar surface area (TPSA) is 191 Å². The van der Waals surface area contributed by atoms with Gasteiger partial charge in [0.05, 0.1) is 90.8 Å². The third kappa shape index (κ3) is 17.7. The Bertz CT molecular complexity index is 6570. The van der Waals surface area contributed by atoms with Gasteiger partial charge < -0.3 is 28.8 Å². The second kappa shape index (κ2) is 36.3. The summed E-state index contributed by atoms with van der Waals surface area (Å²) in [6.45, 7) is 16.0. The molecule has 8 heterocycles. The van der Waals surface area contributed by atoms with Crippen molar-refractivity contribution in [3.63, 3.8) is 0 Å². The van der Waals surface area contributed by atoms with Crippen LogP contribution < -0.4 is 18.9 Å². The third-order valence-corrected chi connectivity index (χ3v) is 24.6. The molecule has 4 aliphatic heterocycles. The molecule has 16 aromatic rings. The van der Waals surface area contributed by atoms with Gasteiger partial charge in [0.2, 0.25) is 0 Å². The number of phenols is 1. The van der Waals surface area contributed by atoms with E-state index >= 15 is 0 Å². The maximum Gasteiger partial charge on any atom is 0.337 e. The average molecular weight is 1630 g/mol. The number of methoxy groups -OCH3 is 5. The first-order valence-electron chi connectivity index (χ1n) is 42.0. The number of nitrogens with zero attached hydrogens (tertiary/aromatic N) is 13. The van der Waals surface area contributed by atoms with Crippen LogP contribution in [0.2, 0.25) is 0 Å². The van der Waals surface area contributed by atoms with Crippen LogP contribution in [0.4, 0.5) is 0 Å². The minimum atomic E-state index is -0.276. The number of nitriles is 1. The Balaban J connectivity index is 0.000000116. The highest BCUT2D eigenvalue weighted by atomic mass is 16.5. The minimum absolute atomic E-state index is 0.220. The molecule has 4 aromatic heterocycles. The molecule has 1 N–H and O–H groups in total. The van der Waals surface area contributed by atoms with Gasteiger partial charge >= 0.3 is 5.97 Å². The first-order chi connectivity index (χ1) is 60.1. The molecule has 0 fully saturated rings. The van der Waals surface area contributed by atoms with Crippen LogP contribution in [0.5, 0.6) is 28.7 Å². The lowest BCUT2D eigenvalue weighted by molar-refractivity contribution is 0.0600. The van der Waals surface area contributed by atoms with Gasteiger partial charge in [0.1, 0.15) is 37.1 Å². The Hall–Kier alpha value is -13.7. The predicted octanol–water partition coefficient (Wildman–Crippen LogP) is 19.3. The number of hydrogen-bond acceptors (Lipinski definition) is 16. The number of para-hydroxylation sites is 8. The van der Waals surface area contributed by atoms with E-state index in [4.69, 9.17) is 23.7 Å². The molecule has 0 spiro atoms. The SMILES string of the molecule is COC(=O)c1ccc2c(c1)CC(C)N(Cc1cccc(-n3cnc4ccccc43)c1)C2.COc1cc2c(cc1C#N)CC(C)N(Cc1cccc(-n3cnc4ccccc43)c1)C2.COc1cc2c(cc1O)CC(C)N(Cc1cccc(-n3cnc4ccccc43)c1)C2.COc1cc2c(cc1OC)CN(Cc1cccc(-n3cnc4ccccc43)c1)C(C)C2. The first-order valence-corrected chi connectivity index (χ1v) is 42.0. The molecule has 620 valence electrons. The Kier molecular flexibility index (Phi) is 24.1. The largest absolute Gasteiger partial charge is 0.504 e. The number of esters is 1. The van der Waals surface area contributed by atoms with E-state index in [0.29, 0.717) is 46.8 Å². The van der Waals surface area contributed by atoms with E-state index in [1.807, 2.05) is 128 Å². The van der Waals surface area contributed by atoms with Crippen LogP contribution in [-0.4, -0.2) is 129 Å². The molecule has 0 bridgehead atoms. The lowest BCUT2D eigenvalue weighted by Gasteiger charge is -2.35. The molecule has 4 atom stereocenters. The molecular weight excluding hydrogens is 1530 g/mol. The quantitative estimate of drug-likeness (QED) is 0.0846. The van der Waals surface area contributed by atoms with E-state index in [1.165, 1.54) is 73.9 Å². The van der Waals surface area contributed by atoms with Crippen molar-refractivity contribution in [3.8, 4) is 57.6 Å². The van der Waals surface area contributed by atoms with E-state index in [9.17, 15) is 15.2 Å². The summed E-state index contributed by atoms with van der Waals surface area (Å²) in [6, 6.07) is 89.5. The van der Waals surface area contributed by atoms with Gasteiger partial charge in [0.25, 0.3) is 0 Å². The molecule has 4 aliphatic rings. The summed E-state index contributed by atoms with van der Waals surface area (Å²) in [7, 11) is 8.03. The van der Waals surface area contributed by atoms with Crippen molar-refractivity contribution in [1.82, 2.24) is 57.8 Å². The molecule has 123 heavy (non-hydrogen) atoms. The summed E-state index contributed by atoms with van der Waals surface area (Å²) in [5, 5.41) is 19.5. The minimum Gasteiger partial charge on any atom is -0.504 e. The van der Waals surface area contributed by atoms with Crippen LogP contribution in [0.15, 0.2) is 274 Å². The zero-order valence-electron chi connectivity index (χ0n) is 71.0. The van der Waals surface area contributed by atoms with E-state index in [2.05, 4.69) is 237 Å². The molecule has 20 nitrogen and oxygen atoms in total. The molecule has 0 saturated carbocycles. The summed E-state index contributed by atoms with van der Waals surface area (Å²) in [5.74, 6) is 2.74. The number of aromatic hydroxyl groups is 1. The van der Waals surface area contributed by atoms with Crippen molar-refractivity contribution < 1.29 is 33.6 Å². The Morgan fingerprint density at radius 3 is 1.01 bits per heavy atom. The Morgan fingerprint density at radius 2 is 0.659 bits per heavy atom. The smallest absolute Gasteiger partial charge is 0.337 e. The van der Waals surface area contributed by atoms with Crippen LogP contribution in [-0.2, 0) is 82.8 Å². The standard InChI is InChI=1S/C26H24N4O.C26H27N3O2.C26H25N3O2.C25H25N3O2/c1-18-10-20-12-21(14-27)26(31-2)13-22(20)16-29(18)15-19-6-5-7-23(11-19)30-17-28-24-8-3-4-9-25(24)30;1-18-11-20-13-25(30-2)26(31-3)14-21(20)16-28(18)15-19-7-6-8-22(12-19)29-17-27-23-9-4-5-10-24(23)29;1-18-12-22-14-20(26(30)31-2)10-11-21(22)16-28(18)15-19-6-5-7-23(13-19)29-17-27-24-8-3-4-9-25(24)29;1-17-10-19-12-24(29)25(30-2)13-20(19)15-27(17)14-18-6-5-7-21(11-18)28-16-26-22-8-3-4-9-23(22)28/h3-9,11-13,17-18H,10,15-16H2,1-2H3;4-10,12-14,17-18H,11,15-16H2,1-3H3;3-11,13-14,17-18H,12,15-16H2,1-2H3;3-9,11-13,16-17,29H,10,14-15H2,1-2H3. The summed E-state index contributed by atoms with van der Waals surface area (Å²) in [4.78, 5) is 39.9. The fourth-order valence-electron chi connectivity index (χ4n) is 17.9. The van der Waals surface area contributed by atoms with E-state index in [0.717, 1.165) is 156 Å². The molecule has 0 aliphatic carbocycles. The van der Waals surface area contributed by atoms with Gasteiger partial charge in [-0.1, -0.05) is 103 Å². The zero-order valence-corrected chi connectivity index (χ0v) is 71.0. The monoisotopic (exact) mass is 1630 g/mol. The highest BCUT2D eigenvalue weighted by Crippen LogP contribution is 2.39. The van der Waals surface area contributed by atoms with Gasteiger partial charge in [-0.3, -0.25) is 37.9 Å². The summed E-state index contributed by atoms with van der Waals surface area (Å²) < 4.78 is 35.2. The number of imidazole rings is 4. The number of carbonyl (C=O) groups excluding carboxylic acids is 1. The average Bonchev–Trinajstić information content (AvgIpc) is 1.77. The Morgan fingerprint density at radius 1 is 0.350 bits per heavy atom. The first kappa shape index (κ1) is 81.7. The number of ether oxygens (including phenoxy) is 5. The molecule has 12 aromatic carbocycles. The highest BCUT2D eigenvalue weighted by Gasteiger charge is 2.30. The number of benzene rings is 12. The molecule has 0 amide bonds. The summed E-state index contributed by atoms with van der Waals surface area (Å²) >= 11 is 0. The second-order valence-electron chi connectivity index (χ2n) is 32.6. The number of carbonyl (C=O) groups is 1. The van der Waals surface area contributed by atoms with Crippen molar-refractivity contribution in [2.24, 2.45) is 0 Å². The van der Waals surface area contributed by atoms with E-state index < -0.39 is 0 Å². The van der Waals surface area contributed by atoms with Gasteiger partial charge in [-0.2, -0.15) is 5.26 Å². The molecule has 0 radical (unpaired) electrons. The zero-order chi connectivity index (χ0) is 84.8. The third-order valence-electron chi connectivity index (χ3n) is 24.6.